The van der Waals surface area contributed by atoms with Gasteiger partial charge in [-0.05, 0) is 23.8 Å². The maximum atomic E-state index is 12.6. The fourth-order valence-corrected chi connectivity index (χ4v) is 2.82. The average molecular weight is 355 g/mol. The van der Waals surface area contributed by atoms with Crippen molar-refractivity contribution in [3.8, 4) is 11.5 Å². The monoisotopic (exact) mass is 355 g/mol. The summed E-state index contributed by atoms with van der Waals surface area (Å²) in [6, 6.07) is 13.0. The van der Waals surface area contributed by atoms with Gasteiger partial charge >= 0.3 is 0 Å². The molecule has 2 aromatic carbocycles. The minimum absolute atomic E-state index is 0.272. The summed E-state index contributed by atoms with van der Waals surface area (Å²) in [6.45, 7) is 0.638. The van der Waals surface area contributed by atoms with E-state index in [4.69, 9.17) is 18.6 Å². The van der Waals surface area contributed by atoms with Crippen LogP contribution < -0.4 is 14.8 Å². The highest BCUT2D eigenvalue weighted by atomic mass is 16.5. The average Bonchev–Trinajstić information content (AvgIpc) is 3.05. The maximum absolute atomic E-state index is 12.6. The van der Waals surface area contributed by atoms with Crippen molar-refractivity contribution in [2.45, 2.75) is 13.2 Å². The topological polar surface area (TPSA) is 69.9 Å². The molecule has 26 heavy (non-hydrogen) atoms. The number of fused-ring (bicyclic) bond motifs is 1. The van der Waals surface area contributed by atoms with E-state index in [9.17, 15) is 4.79 Å². The van der Waals surface area contributed by atoms with Crippen LogP contribution in [0.5, 0.6) is 11.5 Å². The van der Waals surface area contributed by atoms with Crippen molar-refractivity contribution >= 4 is 16.9 Å². The number of carbonyl (C=O) groups excluding carboxylic acids is 1. The summed E-state index contributed by atoms with van der Waals surface area (Å²) in [6.07, 6.45) is 0. The Labute approximate surface area is 151 Å². The molecule has 0 aliphatic carbocycles. The number of ether oxygens (including phenoxy) is 3. The first kappa shape index (κ1) is 17.8. The first-order valence-electron chi connectivity index (χ1n) is 8.16. The summed E-state index contributed by atoms with van der Waals surface area (Å²) >= 11 is 0. The van der Waals surface area contributed by atoms with Gasteiger partial charge in [0.1, 0.15) is 5.58 Å². The molecule has 0 aliphatic rings. The van der Waals surface area contributed by atoms with Gasteiger partial charge in [0, 0.05) is 24.6 Å². The highest BCUT2D eigenvalue weighted by molar-refractivity contribution is 5.99. The predicted octanol–water partition coefficient (Wildman–Crippen LogP) is 3.53. The van der Waals surface area contributed by atoms with E-state index in [1.165, 1.54) is 0 Å². The smallest absolute Gasteiger partial charge is 0.287 e. The summed E-state index contributed by atoms with van der Waals surface area (Å²) in [5.41, 5.74) is 2.30. The van der Waals surface area contributed by atoms with E-state index < -0.39 is 0 Å². The number of hydrogen-bond acceptors (Lipinski definition) is 5. The minimum atomic E-state index is -0.289. The highest BCUT2D eigenvalue weighted by Gasteiger charge is 2.20. The van der Waals surface area contributed by atoms with Crippen molar-refractivity contribution in [1.82, 2.24) is 5.32 Å². The zero-order valence-electron chi connectivity index (χ0n) is 15.0. The van der Waals surface area contributed by atoms with Crippen LogP contribution in [0.15, 0.2) is 46.9 Å². The molecular formula is C20H21NO5. The lowest BCUT2D eigenvalue weighted by Gasteiger charge is -2.10. The molecule has 1 amide bonds. The quantitative estimate of drug-likeness (QED) is 0.702. The van der Waals surface area contributed by atoms with E-state index in [1.807, 2.05) is 36.4 Å². The molecule has 0 atom stereocenters. The van der Waals surface area contributed by atoms with Gasteiger partial charge in [0.05, 0.1) is 20.8 Å². The molecule has 1 N–H and O–H groups in total. The lowest BCUT2D eigenvalue weighted by atomic mass is 10.1. The molecule has 0 radical (unpaired) electrons. The van der Waals surface area contributed by atoms with Crippen LogP contribution in [0.3, 0.4) is 0 Å². The molecule has 0 unspecified atom stereocenters. The van der Waals surface area contributed by atoms with Crippen molar-refractivity contribution in [3.63, 3.8) is 0 Å². The third kappa shape index (κ3) is 3.50. The van der Waals surface area contributed by atoms with Crippen LogP contribution in [-0.2, 0) is 17.9 Å². The Morgan fingerprint density at radius 2 is 1.81 bits per heavy atom. The zero-order chi connectivity index (χ0) is 18.5. The number of carbonyl (C=O) groups is 1. The number of nitrogens with one attached hydrogen (secondary N) is 1. The number of benzene rings is 2. The number of furan rings is 1. The Morgan fingerprint density at radius 1 is 1.04 bits per heavy atom. The summed E-state index contributed by atoms with van der Waals surface area (Å²) in [4.78, 5) is 12.6. The molecule has 1 heterocycles. The lowest BCUT2D eigenvalue weighted by molar-refractivity contribution is 0.0918. The van der Waals surface area contributed by atoms with Crippen LogP contribution in [0.4, 0.5) is 0 Å². The van der Waals surface area contributed by atoms with Crippen LogP contribution in [0.1, 0.15) is 21.7 Å². The highest BCUT2D eigenvalue weighted by Crippen LogP contribution is 2.28. The molecular weight excluding hydrogens is 334 g/mol. The van der Waals surface area contributed by atoms with Gasteiger partial charge in [0.15, 0.2) is 17.3 Å². The van der Waals surface area contributed by atoms with E-state index in [0.717, 1.165) is 16.5 Å². The number of hydrogen-bond donors (Lipinski definition) is 1. The maximum Gasteiger partial charge on any atom is 0.287 e. The number of para-hydroxylation sites is 1. The van der Waals surface area contributed by atoms with Crippen LogP contribution in [0.25, 0.3) is 11.0 Å². The molecule has 0 fully saturated rings. The zero-order valence-corrected chi connectivity index (χ0v) is 15.0. The molecule has 0 saturated heterocycles. The Hall–Kier alpha value is -2.99. The molecule has 3 rings (SSSR count). The SMILES string of the molecule is COCc1c(C(=O)NCc2ccc(OC)c(OC)c2)oc2ccccc12. The van der Waals surface area contributed by atoms with Gasteiger partial charge in [-0.1, -0.05) is 24.3 Å². The standard InChI is InChI=1S/C20H21NO5/c1-23-12-15-14-6-4-5-7-16(14)26-19(15)20(22)21-11-13-8-9-17(24-2)18(10-13)25-3/h4-10H,11-12H2,1-3H3,(H,21,22). The van der Waals surface area contributed by atoms with Gasteiger partial charge < -0.3 is 23.9 Å². The third-order valence-electron chi connectivity index (χ3n) is 4.09. The molecule has 0 saturated carbocycles. The van der Waals surface area contributed by atoms with Crippen molar-refractivity contribution in [3.05, 3.63) is 59.4 Å². The summed E-state index contributed by atoms with van der Waals surface area (Å²) in [5.74, 6) is 1.24. The molecule has 1 aromatic heterocycles. The summed E-state index contributed by atoms with van der Waals surface area (Å²) in [7, 11) is 4.75. The number of amides is 1. The fourth-order valence-electron chi connectivity index (χ4n) is 2.82. The lowest BCUT2D eigenvalue weighted by Crippen LogP contribution is -2.23. The minimum Gasteiger partial charge on any atom is -0.493 e. The van der Waals surface area contributed by atoms with Crippen molar-refractivity contribution in [2.75, 3.05) is 21.3 Å². The summed E-state index contributed by atoms with van der Waals surface area (Å²) < 4.78 is 21.5. The molecule has 3 aromatic rings. The number of methoxy groups -OCH3 is 3. The first-order chi connectivity index (χ1) is 12.7. The van der Waals surface area contributed by atoms with Crippen LogP contribution >= 0.6 is 0 Å². The van der Waals surface area contributed by atoms with E-state index >= 15 is 0 Å². The van der Waals surface area contributed by atoms with Gasteiger partial charge in [-0.15, -0.1) is 0 Å². The van der Waals surface area contributed by atoms with Gasteiger partial charge in [0.2, 0.25) is 0 Å². The Balaban J connectivity index is 1.80. The van der Waals surface area contributed by atoms with Crippen molar-refractivity contribution in [2.24, 2.45) is 0 Å². The van der Waals surface area contributed by atoms with E-state index in [0.29, 0.717) is 30.2 Å². The molecule has 6 nitrogen and oxygen atoms in total. The van der Waals surface area contributed by atoms with Crippen LogP contribution in [-0.4, -0.2) is 27.2 Å². The van der Waals surface area contributed by atoms with Gasteiger partial charge in [0.25, 0.3) is 5.91 Å². The van der Waals surface area contributed by atoms with Gasteiger partial charge in [-0.3, -0.25) is 4.79 Å². The first-order valence-corrected chi connectivity index (χ1v) is 8.16. The van der Waals surface area contributed by atoms with E-state index in [1.54, 1.807) is 27.4 Å². The van der Waals surface area contributed by atoms with E-state index in [2.05, 4.69) is 5.32 Å². The third-order valence-corrected chi connectivity index (χ3v) is 4.09. The molecule has 0 spiro atoms. The summed E-state index contributed by atoms with van der Waals surface area (Å²) in [5, 5.41) is 3.76. The predicted molar refractivity (Wildman–Crippen MR) is 97.6 cm³/mol. The van der Waals surface area contributed by atoms with Crippen LogP contribution in [0, 0.1) is 0 Å². The molecule has 6 heteroatoms. The van der Waals surface area contributed by atoms with Crippen molar-refractivity contribution < 1.29 is 23.4 Å². The Morgan fingerprint density at radius 3 is 2.54 bits per heavy atom. The Bertz CT molecular complexity index is 916. The Kier molecular flexibility index (Phi) is 5.43. The molecule has 136 valence electrons. The molecule has 0 aliphatic heterocycles. The van der Waals surface area contributed by atoms with E-state index in [-0.39, 0.29) is 11.7 Å². The number of rotatable bonds is 7. The largest absolute Gasteiger partial charge is 0.493 e. The fraction of sp³-hybridized carbons (Fsp3) is 0.250. The second-order valence-corrected chi connectivity index (χ2v) is 5.71. The van der Waals surface area contributed by atoms with Gasteiger partial charge in [-0.2, -0.15) is 0 Å². The van der Waals surface area contributed by atoms with Crippen LogP contribution in [0.2, 0.25) is 0 Å². The normalized spacial score (nSPS) is 10.7. The van der Waals surface area contributed by atoms with Crippen molar-refractivity contribution in [1.29, 1.82) is 0 Å². The second-order valence-electron chi connectivity index (χ2n) is 5.71. The molecule has 0 bridgehead atoms. The van der Waals surface area contributed by atoms with Gasteiger partial charge in [-0.25, -0.2) is 0 Å². The second kappa shape index (κ2) is 7.93.